The molecule has 0 saturated carbocycles. The summed E-state index contributed by atoms with van der Waals surface area (Å²) < 4.78 is 18.8. The van der Waals surface area contributed by atoms with Gasteiger partial charge in [-0.3, -0.25) is 0 Å². The molecule has 146 heavy (non-hydrogen) atoms. The van der Waals surface area contributed by atoms with Crippen LogP contribution in [0.5, 0.6) is 0 Å². The Morgan fingerprint density at radius 1 is 0.281 bits per heavy atom. The van der Waals surface area contributed by atoms with E-state index in [0.29, 0.717) is 0 Å². The Morgan fingerprint density at radius 3 is 1.36 bits per heavy atom. The summed E-state index contributed by atoms with van der Waals surface area (Å²) in [5.41, 5.74) is 51.9. The molecule has 6 nitrogen and oxygen atoms in total. The molecule has 0 bridgehead atoms. The molecular formula is C137H142B2N4O2S. The molecule has 0 fully saturated rings. The minimum Gasteiger partial charge on any atom is -0.456 e. The van der Waals surface area contributed by atoms with Crippen LogP contribution in [0, 0.1) is 13.8 Å². The van der Waals surface area contributed by atoms with Crippen molar-refractivity contribution in [1.29, 1.82) is 0 Å². The average Bonchev–Trinajstić information content (AvgIpc) is 1.63. The van der Waals surface area contributed by atoms with E-state index in [9.17, 15) is 0 Å². The van der Waals surface area contributed by atoms with E-state index in [4.69, 9.17) is 8.83 Å². The van der Waals surface area contributed by atoms with Crippen molar-refractivity contribution in [2.24, 2.45) is 0 Å². The molecule has 0 saturated heterocycles. The summed E-state index contributed by atoms with van der Waals surface area (Å²) in [4.78, 5) is 11.4. The molecule has 0 radical (unpaired) electrons. The molecule has 4 aliphatic heterocycles. The zero-order chi connectivity index (χ0) is 101. The van der Waals surface area contributed by atoms with E-state index in [1.807, 2.05) is 11.3 Å². The minimum atomic E-state index is -0.408. The lowest BCUT2D eigenvalue weighted by atomic mass is 9.42. The molecule has 0 N–H and O–H groups in total. The number of anilines is 10. The van der Waals surface area contributed by atoms with Crippen molar-refractivity contribution >= 4 is 168 Å². The Balaban J connectivity index is 0.690. The van der Waals surface area contributed by atoms with Crippen molar-refractivity contribution in [3.63, 3.8) is 0 Å². The number of furan rings is 2. The van der Waals surface area contributed by atoms with Gasteiger partial charge < -0.3 is 28.3 Å². The van der Waals surface area contributed by atoms with E-state index in [2.05, 4.69) is 426 Å². The third kappa shape index (κ3) is 12.1. The highest BCUT2D eigenvalue weighted by Crippen LogP contribution is 2.67. The van der Waals surface area contributed by atoms with Gasteiger partial charge in [0.15, 0.2) is 5.58 Å². The average molecular weight is 1930 g/mol. The molecule has 7 aliphatic carbocycles. The molecule has 14 aromatic carbocycles. The third-order valence-electron chi connectivity index (χ3n) is 41.0. The summed E-state index contributed by atoms with van der Waals surface area (Å²) in [6, 6.07) is 87.7. The fraction of sp³-hybridized carbons (Fsp3) is 0.387. The molecule has 1 atom stereocenters. The highest BCUT2D eigenvalue weighted by Gasteiger charge is 2.57. The van der Waals surface area contributed by atoms with E-state index in [-0.39, 0.29) is 84.6 Å². The monoisotopic (exact) mass is 1930 g/mol. The van der Waals surface area contributed by atoms with Crippen molar-refractivity contribution in [3.8, 4) is 33.4 Å². The van der Waals surface area contributed by atoms with Gasteiger partial charge in [-0.25, -0.2) is 0 Å². The number of hydrogen-bond acceptors (Lipinski definition) is 7. The fourth-order valence-electron chi connectivity index (χ4n) is 31.6. The summed E-state index contributed by atoms with van der Waals surface area (Å²) in [6.07, 6.45) is 12.1. The number of rotatable bonds is 5. The first-order valence-electron chi connectivity index (χ1n) is 55.3. The molecule has 0 amide bonds. The lowest BCUT2D eigenvalue weighted by molar-refractivity contribution is 0.283. The van der Waals surface area contributed by atoms with Crippen LogP contribution in [-0.2, 0) is 70.4 Å². The van der Waals surface area contributed by atoms with Gasteiger partial charge in [-0.15, -0.1) is 11.3 Å². The van der Waals surface area contributed by atoms with Crippen LogP contribution in [0.2, 0.25) is 0 Å². The predicted molar refractivity (Wildman–Crippen MR) is 625 cm³/mol. The number of benzene rings is 14. The van der Waals surface area contributed by atoms with Gasteiger partial charge in [0.05, 0.1) is 11.4 Å². The number of fused-ring (bicyclic) bond motifs is 30. The van der Waals surface area contributed by atoms with Crippen LogP contribution in [0.1, 0.15) is 351 Å². The maximum atomic E-state index is 8.37. The standard InChI is InChI=1S/C137H142B2N4O2S/c1-75-62-92-98(131(15,16)58-54-126(92,5)6)69-105(75)140-104-50-51-113-116(82-38-31-34-43-112(82)146-113)119(104)139-120-109(140)73-111-115(117(120)87-68-97-101(134(21,22)61-57-130(97,13)14)72-108(87)143(139)78-44-46-89-94(64-78)128(9,10)53-52-125(89,3)4)83-40-35-39-81(123(83)145-111)102-74-135(23,24)95-65-77(45-47-90(95)137(102,27)28)142-107-71-100-96(129(11,12)56-60-133(100,19)20)67-84(107)85-66-86-79-36-30-33-42-110(79)144-124(86)122-118(85)138(142)103-49-48-91-114(80-37-29-32-41-88(80)136(91,25)26)121(103)141(122)106-70-99-93(63-76(106)2)127(7,8)55-59-132(99,17)18/h29-51,62-73,102H,52-61,74H2,1-28H3. The number of aryl methyl sites for hydroxylation is 2. The normalized spacial score (nSPS) is 21.3. The van der Waals surface area contributed by atoms with Gasteiger partial charge in [0.25, 0.3) is 0 Å². The van der Waals surface area contributed by atoms with Gasteiger partial charge in [-0.2, -0.15) is 0 Å². The van der Waals surface area contributed by atoms with Crippen LogP contribution < -0.4 is 41.3 Å². The van der Waals surface area contributed by atoms with E-state index < -0.39 is 5.41 Å². The Kier molecular flexibility index (Phi) is 18.2. The number of nitrogens with zero attached hydrogens (tertiary/aromatic N) is 4. The van der Waals surface area contributed by atoms with Gasteiger partial charge in [0.1, 0.15) is 16.7 Å². The van der Waals surface area contributed by atoms with Crippen molar-refractivity contribution in [2.75, 3.05) is 19.4 Å². The number of para-hydroxylation sites is 2. The fourth-order valence-corrected chi connectivity index (χ4v) is 32.7. The maximum Gasteiger partial charge on any atom is 0.333 e. The van der Waals surface area contributed by atoms with Gasteiger partial charge in [-0.05, 0) is 390 Å². The largest absolute Gasteiger partial charge is 0.456 e. The quantitative estimate of drug-likeness (QED) is 0.160. The summed E-state index contributed by atoms with van der Waals surface area (Å²) in [5.74, 6) is 0.0316. The van der Waals surface area contributed by atoms with E-state index in [1.165, 1.54) is 232 Å². The highest BCUT2D eigenvalue weighted by molar-refractivity contribution is 7.26. The minimum absolute atomic E-state index is 0.00890. The molecule has 7 heterocycles. The van der Waals surface area contributed by atoms with Gasteiger partial charge >= 0.3 is 13.7 Å². The smallest absolute Gasteiger partial charge is 0.333 e. The molecule has 28 rings (SSSR count). The van der Waals surface area contributed by atoms with Crippen LogP contribution in [0.4, 0.5) is 56.9 Å². The van der Waals surface area contributed by atoms with Crippen LogP contribution >= 0.6 is 11.3 Å². The van der Waals surface area contributed by atoms with E-state index in [1.54, 1.807) is 0 Å². The molecule has 1 unspecified atom stereocenters. The Morgan fingerprint density at radius 2 is 0.753 bits per heavy atom. The predicted octanol–water partition coefficient (Wildman–Crippen LogP) is 35.7. The van der Waals surface area contributed by atoms with E-state index >= 15 is 0 Å². The zero-order valence-corrected chi connectivity index (χ0v) is 92.5. The van der Waals surface area contributed by atoms with Crippen molar-refractivity contribution in [1.82, 2.24) is 0 Å². The van der Waals surface area contributed by atoms with Crippen LogP contribution in [0.3, 0.4) is 0 Å². The third-order valence-corrected chi connectivity index (χ3v) is 42.1. The Hall–Kier alpha value is -11.8. The Bertz CT molecular complexity index is 8790. The van der Waals surface area contributed by atoms with Crippen LogP contribution in [0.25, 0.3) is 97.4 Å². The lowest BCUT2D eigenvalue weighted by Gasteiger charge is -2.50. The molecule has 11 aliphatic rings. The molecule has 9 heteroatoms. The van der Waals surface area contributed by atoms with Gasteiger partial charge in [0.2, 0.25) is 0 Å². The Labute approximate surface area is 870 Å². The first-order chi connectivity index (χ1) is 68.9. The zero-order valence-electron chi connectivity index (χ0n) is 91.7. The highest BCUT2D eigenvalue weighted by atomic mass is 32.1. The first kappa shape index (κ1) is 91.7. The second kappa shape index (κ2) is 29.0. The second-order valence-corrected chi connectivity index (χ2v) is 56.8. The SMILES string of the molecule is Cc1cc2c(cc1N1c3cc4oc5c(C6CC(C)(C)c7cc(N8B9c%10ccc%11c(c%10N(c%10cc%12c(cc%10C)C(C)(C)CCC%12(C)C)c%10c9c(cc9c%10oc%10ccccc%109)-c9cc%10c(cc98)C(C)(C)CCC%10(C)C)-c8ccccc8C%11(C)C)ccc7C6(C)C)cccc5c4c4c3B(c3c1ccc1sc5ccccc5c31)N(c1ccc3c(c1)C(C)(C)CCC3(C)C)c1cc3c(cc1-4)C(C)(C)CCC3(C)C)C(C)(C)CCC2(C)C. The summed E-state index contributed by atoms with van der Waals surface area (Å²) in [7, 11) is 0. The summed E-state index contributed by atoms with van der Waals surface area (Å²) in [6.45, 7) is 69.9. The molecular weight excluding hydrogens is 1790 g/mol. The van der Waals surface area contributed by atoms with Crippen molar-refractivity contribution in [3.05, 3.63) is 307 Å². The van der Waals surface area contributed by atoms with Crippen LogP contribution in [-0.4, -0.2) is 13.7 Å². The van der Waals surface area contributed by atoms with Gasteiger partial charge in [-0.1, -0.05) is 295 Å². The summed E-state index contributed by atoms with van der Waals surface area (Å²) in [5, 5.41) is 7.40. The molecule has 3 aromatic heterocycles. The number of thiophene rings is 1. The van der Waals surface area contributed by atoms with Gasteiger partial charge in [0, 0.05) is 105 Å². The topological polar surface area (TPSA) is 39.2 Å². The van der Waals surface area contributed by atoms with E-state index in [0.717, 1.165) is 109 Å². The first-order valence-corrected chi connectivity index (χ1v) is 56.1. The van der Waals surface area contributed by atoms with Crippen LogP contribution in [0.15, 0.2) is 221 Å². The molecule has 17 aromatic rings. The van der Waals surface area contributed by atoms with Crippen molar-refractivity contribution in [2.45, 2.75) is 341 Å². The molecule has 734 valence electrons. The summed E-state index contributed by atoms with van der Waals surface area (Å²) >= 11 is 1.96. The number of hydrogen-bond donors (Lipinski definition) is 0. The maximum absolute atomic E-state index is 8.37. The van der Waals surface area contributed by atoms with Crippen molar-refractivity contribution < 1.29 is 8.83 Å². The lowest BCUT2D eigenvalue weighted by Crippen LogP contribution is -2.62. The second-order valence-electron chi connectivity index (χ2n) is 55.7. The molecule has 0 spiro atoms.